The highest BCUT2D eigenvalue weighted by molar-refractivity contribution is 7.91. The van der Waals surface area contributed by atoms with Gasteiger partial charge in [-0.25, -0.2) is 16.8 Å². The van der Waals surface area contributed by atoms with Gasteiger partial charge in [-0.2, -0.15) is 0 Å². The highest BCUT2D eigenvalue weighted by Gasteiger charge is 2.12. The summed E-state index contributed by atoms with van der Waals surface area (Å²) in [4.78, 5) is 0.558. The van der Waals surface area contributed by atoms with E-state index in [-0.39, 0.29) is 4.90 Å². The van der Waals surface area contributed by atoms with Crippen molar-refractivity contribution in [2.75, 3.05) is 12.5 Å². The predicted molar refractivity (Wildman–Crippen MR) is 92.8 cm³/mol. The van der Waals surface area contributed by atoms with Crippen LogP contribution in [0, 0.1) is 0 Å². The van der Waals surface area contributed by atoms with E-state index in [0.29, 0.717) is 23.5 Å². The molecule has 0 bridgehead atoms. The molecule has 0 amide bonds. The van der Waals surface area contributed by atoms with Gasteiger partial charge in [0.25, 0.3) is 0 Å². The third kappa shape index (κ3) is 5.13. The monoisotopic (exact) mass is 368 g/mol. The van der Waals surface area contributed by atoms with Gasteiger partial charge in [-0.3, -0.25) is 10.9 Å². The first-order valence-corrected chi connectivity index (χ1v) is 11.0. The minimum absolute atomic E-state index is 0.268. The lowest BCUT2D eigenvalue weighted by atomic mass is 10.2. The largest absolute Gasteiger partial charge is 0.253 e. The zero-order valence-corrected chi connectivity index (χ0v) is 15.1. The SMILES string of the molecule is CS(=O)(=O)c1cccc(CNNCc2ccccc2S(C)(=O)=O)c1. The maximum Gasteiger partial charge on any atom is 0.175 e. The second-order valence-electron chi connectivity index (χ2n) is 5.51. The van der Waals surface area contributed by atoms with E-state index in [1.165, 1.54) is 12.5 Å². The van der Waals surface area contributed by atoms with Crippen molar-refractivity contribution in [3.63, 3.8) is 0 Å². The van der Waals surface area contributed by atoms with Gasteiger partial charge in [-0.1, -0.05) is 30.3 Å². The maximum absolute atomic E-state index is 11.7. The summed E-state index contributed by atoms with van der Waals surface area (Å²) < 4.78 is 46.5. The third-order valence-electron chi connectivity index (χ3n) is 3.40. The minimum Gasteiger partial charge on any atom is -0.253 e. The molecule has 24 heavy (non-hydrogen) atoms. The Balaban J connectivity index is 1.98. The fraction of sp³-hybridized carbons (Fsp3) is 0.250. The van der Waals surface area contributed by atoms with E-state index < -0.39 is 19.7 Å². The first-order chi connectivity index (χ1) is 11.2. The van der Waals surface area contributed by atoms with Gasteiger partial charge in [0.1, 0.15) is 0 Å². The smallest absolute Gasteiger partial charge is 0.175 e. The van der Waals surface area contributed by atoms with Crippen molar-refractivity contribution in [3.8, 4) is 0 Å². The minimum atomic E-state index is -3.28. The summed E-state index contributed by atoms with van der Waals surface area (Å²) >= 11 is 0. The summed E-state index contributed by atoms with van der Waals surface area (Å²) in [6.07, 6.45) is 2.34. The van der Waals surface area contributed by atoms with Crippen LogP contribution in [0.15, 0.2) is 58.3 Å². The van der Waals surface area contributed by atoms with Crippen molar-refractivity contribution in [3.05, 3.63) is 59.7 Å². The van der Waals surface area contributed by atoms with Crippen LogP contribution in [0.5, 0.6) is 0 Å². The quantitative estimate of drug-likeness (QED) is 0.565. The molecule has 2 aromatic carbocycles. The Hall–Kier alpha value is -1.74. The van der Waals surface area contributed by atoms with Crippen molar-refractivity contribution < 1.29 is 16.8 Å². The summed E-state index contributed by atoms with van der Waals surface area (Å²) in [5.41, 5.74) is 7.40. The predicted octanol–water partition coefficient (Wildman–Crippen LogP) is 1.29. The first kappa shape index (κ1) is 18.6. The van der Waals surface area contributed by atoms with E-state index in [1.54, 1.807) is 42.5 Å². The molecule has 2 N–H and O–H groups in total. The fourth-order valence-corrected chi connectivity index (χ4v) is 3.85. The average molecular weight is 368 g/mol. The summed E-state index contributed by atoms with van der Waals surface area (Å²) in [5, 5.41) is 0. The molecule has 0 radical (unpaired) electrons. The second-order valence-corrected chi connectivity index (χ2v) is 9.51. The van der Waals surface area contributed by atoms with Gasteiger partial charge in [0.2, 0.25) is 0 Å². The normalized spacial score (nSPS) is 12.2. The van der Waals surface area contributed by atoms with Gasteiger partial charge < -0.3 is 0 Å². The van der Waals surface area contributed by atoms with Gasteiger partial charge in [0.05, 0.1) is 9.79 Å². The van der Waals surface area contributed by atoms with Crippen LogP contribution >= 0.6 is 0 Å². The average Bonchev–Trinajstić information content (AvgIpc) is 2.50. The van der Waals surface area contributed by atoms with E-state index in [0.717, 1.165) is 5.56 Å². The Morgan fingerprint density at radius 3 is 2.12 bits per heavy atom. The highest BCUT2D eigenvalue weighted by atomic mass is 32.2. The van der Waals surface area contributed by atoms with Crippen molar-refractivity contribution >= 4 is 19.7 Å². The van der Waals surface area contributed by atoms with Crippen LogP contribution in [0.1, 0.15) is 11.1 Å². The topological polar surface area (TPSA) is 92.3 Å². The van der Waals surface area contributed by atoms with Crippen LogP contribution in [0.3, 0.4) is 0 Å². The van der Waals surface area contributed by atoms with Crippen molar-refractivity contribution in [1.29, 1.82) is 0 Å². The molecule has 0 atom stereocenters. The molecule has 2 aromatic rings. The zero-order chi connectivity index (χ0) is 17.8. The number of hydrogen-bond acceptors (Lipinski definition) is 6. The van der Waals surface area contributed by atoms with Crippen molar-refractivity contribution in [1.82, 2.24) is 10.9 Å². The standard InChI is InChI=1S/C16H20N2O4S2/c1-23(19,20)15-8-5-6-13(10-15)11-17-18-12-14-7-3-4-9-16(14)24(2,21)22/h3-10,17-18H,11-12H2,1-2H3. The molecule has 8 heteroatoms. The lowest BCUT2D eigenvalue weighted by molar-refractivity contribution is 0.524. The second kappa shape index (κ2) is 7.43. The number of sulfone groups is 2. The molecule has 0 fully saturated rings. The Bertz CT molecular complexity index is 923. The fourth-order valence-electron chi connectivity index (χ4n) is 2.22. The molecule has 0 aromatic heterocycles. The first-order valence-electron chi connectivity index (χ1n) is 7.20. The molecule has 2 rings (SSSR count). The van der Waals surface area contributed by atoms with E-state index in [4.69, 9.17) is 0 Å². The highest BCUT2D eigenvalue weighted by Crippen LogP contribution is 2.15. The van der Waals surface area contributed by atoms with E-state index in [9.17, 15) is 16.8 Å². The van der Waals surface area contributed by atoms with E-state index in [1.807, 2.05) is 6.07 Å². The molecule has 6 nitrogen and oxygen atoms in total. The molecular weight excluding hydrogens is 348 g/mol. The Labute approximate surface area is 142 Å². The van der Waals surface area contributed by atoms with Crippen molar-refractivity contribution in [2.24, 2.45) is 0 Å². The van der Waals surface area contributed by atoms with Gasteiger partial charge >= 0.3 is 0 Å². The third-order valence-corrected chi connectivity index (χ3v) is 5.70. The molecule has 0 aliphatic rings. The van der Waals surface area contributed by atoms with Gasteiger partial charge in [0.15, 0.2) is 19.7 Å². The molecule has 0 heterocycles. The van der Waals surface area contributed by atoms with Crippen LogP contribution in [0.4, 0.5) is 0 Å². The molecule has 0 spiro atoms. The van der Waals surface area contributed by atoms with Crippen molar-refractivity contribution in [2.45, 2.75) is 22.9 Å². The number of hydrazine groups is 1. The summed E-state index contributed by atoms with van der Waals surface area (Å²) in [6.45, 7) is 0.736. The van der Waals surface area contributed by atoms with E-state index >= 15 is 0 Å². The lowest BCUT2D eigenvalue weighted by Crippen LogP contribution is -2.31. The lowest BCUT2D eigenvalue weighted by Gasteiger charge is -2.11. The number of hydrogen-bond donors (Lipinski definition) is 2. The van der Waals surface area contributed by atoms with E-state index in [2.05, 4.69) is 10.9 Å². The summed E-state index contributed by atoms with van der Waals surface area (Å²) in [5.74, 6) is 0. The maximum atomic E-state index is 11.7. The van der Waals surface area contributed by atoms with Crippen LogP contribution in [0.2, 0.25) is 0 Å². The Morgan fingerprint density at radius 2 is 1.46 bits per heavy atom. The van der Waals surface area contributed by atoms with Gasteiger partial charge in [-0.05, 0) is 29.3 Å². The van der Waals surface area contributed by atoms with Crippen LogP contribution in [-0.4, -0.2) is 29.3 Å². The molecule has 0 aliphatic heterocycles. The van der Waals surface area contributed by atoms with Crippen LogP contribution in [-0.2, 0) is 32.8 Å². The number of benzene rings is 2. The van der Waals surface area contributed by atoms with Crippen LogP contribution < -0.4 is 10.9 Å². The molecule has 0 aliphatic carbocycles. The molecule has 0 saturated carbocycles. The molecular formula is C16H20N2O4S2. The molecule has 0 unspecified atom stereocenters. The molecule has 0 saturated heterocycles. The number of rotatable bonds is 7. The number of nitrogens with one attached hydrogen (secondary N) is 2. The van der Waals surface area contributed by atoms with Gasteiger partial charge in [-0.15, -0.1) is 0 Å². The van der Waals surface area contributed by atoms with Gasteiger partial charge in [0, 0.05) is 25.6 Å². The summed E-state index contributed by atoms with van der Waals surface area (Å²) in [6, 6.07) is 13.4. The van der Waals surface area contributed by atoms with Crippen LogP contribution in [0.25, 0.3) is 0 Å². The molecule has 130 valence electrons. The Morgan fingerprint density at radius 1 is 0.792 bits per heavy atom. The Kier molecular flexibility index (Phi) is 5.76. The zero-order valence-electron chi connectivity index (χ0n) is 13.5. The summed E-state index contributed by atoms with van der Waals surface area (Å²) in [7, 11) is -6.52.